The monoisotopic (exact) mass is 278 g/mol. The number of hydrogen-bond donors (Lipinski definition) is 1. The van der Waals surface area contributed by atoms with Crippen molar-refractivity contribution in [1.82, 2.24) is 4.90 Å². The number of fused-ring (bicyclic) bond motifs is 1. The normalized spacial score (nSPS) is 29.3. The van der Waals surface area contributed by atoms with Crippen molar-refractivity contribution in [3.8, 4) is 6.07 Å². The van der Waals surface area contributed by atoms with E-state index in [0.717, 1.165) is 32.2 Å². The average molecular weight is 278 g/mol. The van der Waals surface area contributed by atoms with Gasteiger partial charge in [0.25, 0.3) is 0 Å². The van der Waals surface area contributed by atoms with Gasteiger partial charge >= 0.3 is 0 Å². The lowest BCUT2D eigenvalue weighted by Gasteiger charge is -2.30. The summed E-state index contributed by atoms with van der Waals surface area (Å²) in [5.41, 5.74) is -0.840. The highest BCUT2D eigenvalue weighted by atomic mass is 16.3. The first-order chi connectivity index (χ1) is 9.57. The predicted octanol–water partition coefficient (Wildman–Crippen LogP) is 2.33. The van der Waals surface area contributed by atoms with E-state index in [9.17, 15) is 15.2 Å². The number of amides is 1. The van der Waals surface area contributed by atoms with Crippen molar-refractivity contribution >= 4 is 5.91 Å². The van der Waals surface area contributed by atoms with Gasteiger partial charge in [0, 0.05) is 19.0 Å². The van der Waals surface area contributed by atoms with Crippen LogP contribution < -0.4 is 0 Å². The van der Waals surface area contributed by atoms with Crippen LogP contribution in [0.15, 0.2) is 0 Å². The lowest BCUT2D eigenvalue weighted by molar-refractivity contribution is -0.139. The fourth-order valence-corrected chi connectivity index (χ4v) is 4.06. The van der Waals surface area contributed by atoms with E-state index >= 15 is 0 Å². The molecule has 20 heavy (non-hydrogen) atoms. The van der Waals surface area contributed by atoms with E-state index in [2.05, 4.69) is 6.07 Å². The minimum Gasteiger partial charge on any atom is -0.393 e. The second kappa shape index (κ2) is 6.13. The molecule has 1 heterocycles. The number of carbonyl (C=O) groups excluding carboxylic acids is 1. The molecule has 4 nitrogen and oxygen atoms in total. The maximum Gasteiger partial charge on any atom is 0.243 e. The third kappa shape index (κ3) is 2.56. The number of aliphatic hydroxyl groups excluding tert-OH is 1. The largest absolute Gasteiger partial charge is 0.393 e. The van der Waals surface area contributed by atoms with Crippen molar-refractivity contribution in [3.63, 3.8) is 0 Å². The lowest BCUT2D eigenvalue weighted by atomic mass is 9.79. The van der Waals surface area contributed by atoms with Crippen molar-refractivity contribution in [1.29, 1.82) is 5.26 Å². The Morgan fingerprint density at radius 1 is 1.30 bits per heavy atom. The van der Waals surface area contributed by atoms with Crippen LogP contribution in [0.1, 0.15) is 52.4 Å². The number of nitriles is 1. The molecule has 4 heteroatoms. The fourth-order valence-electron chi connectivity index (χ4n) is 4.06. The second-order valence-corrected chi connectivity index (χ2v) is 6.47. The molecule has 1 aliphatic carbocycles. The molecule has 1 amide bonds. The van der Waals surface area contributed by atoms with Crippen LogP contribution in [-0.2, 0) is 4.79 Å². The maximum absolute atomic E-state index is 12.8. The van der Waals surface area contributed by atoms with E-state index in [1.807, 2.05) is 18.7 Å². The van der Waals surface area contributed by atoms with Crippen molar-refractivity contribution in [2.75, 3.05) is 13.1 Å². The predicted molar refractivity (Wildman–Crippen MR) is 76.7 cm³/mol. The zero-order valence-electron chi connectivity index (χ0n) is 12.6. The molecule has 1 saturated heterocycles. The van der Waals surface area contributed by atoms with Crippen LogP contribution in [0.5, 0.6) is 0 Å². The van der Waals surface area contributed by atoms with E-state index in [-0.39, 0.29) is 17.9 Å². The standard InChI is InChI=1S/C16H26N2O2/c1-3-7-16(11-17,8-4-2)15(20)18-9-12-5-6-14(19)13(12)10-18/h12-14,19H,3-10H2,1-2H3. The van der Waals surface area contributed by atoms with E-state index < -0.39 is 5.41 Å². The number of carbonyl (C=O) groups is 1. The Bertz CT molecular complexity index is 396. The molecule has 2 rings (SSSR count). The van der Waals surface area contributed by atoms with Crippen LogP contribution in [0.4, 0.5) is 0 Å². The zero-order chi connectivity index (χ0) is 14.8. The third-order valence-electron chi connectivity index (χ3n) is 5.08. The minimum atomic E-state index is -0.840. The Morgan fingerprint density at radius 3 is 2.45 bits per heavy atom. The van der Waals surface area contributed by atoms with E-state index in [1.54, 1.807) is 0 Å². The van der Waals surface area contributed by atoms with E-state index in [1.165, 1.54) is 0 Å². The Hall–Kier alpha value is -1.08. The van der Waals surface area contributed by atoms with Gasteiger partial charge in [-0.3, -0.25) is 4.79 Å². The Morgan fingerprint density at radius 2 is 1.95 bits per heavy atom. The molecule has 3 unspecified atom stereocenters. The Kier molecular flexibility index (Phi) is 4.70. The molecule has 112 valence electrons. The summed E-state index contributed by atoms with van der Waals surface area (Å²) in [6.45, 7) is 5.42. The summed E-state index contributed by atoms with van der Waals surface area (Å²) in [5.74, 6) is 0.678. The number of hydrogen-bond acceptors (Lipinski definition) is 3. The lowest BCUT2D eigenvalue weighted by Crippen LogP contribution is -2.43. The summed E-state index contributed by atoms with van der Waals surface area (Å²) in [6, 6.07) is 2.32. The molecule has 2 fully saturated rings. The molecule has 3 atom stereocenters. The van der Waals surface area contributed by atoms with Gasteiger partial charge in [0.05, 0.1) is 12.2 Å². The highest BCUT2D eigenvalue weighted by Gasteiger charge is 2.48. The highest BCUT2D eigenvalue weighted by molar-refractivity contribution is 5.85. The molecule has 1 aliphatic heterocycles. The van der Waals surface area contributed by atoms with Gasteiger partial charge in [0.15, 0.2) is 0 Å². The summed E-state index contributed by atoms with van der Waals surface area (Å²) in [4.78, 5) is 14.7. The van der Waals surface area contributed by atoms with Gasteiger partial charge in [-0.25, -0.2) is 0 Å². The smallest absolute Gasteiger partial charge is 0.243 e. The quantitative estimate of drug-likeness (QED) is 0.839. The van der Waals surface area contributed by atoms with Crippen LogP contribution in [0.25, 0.3) is 0 Å². The van der Waals surface area contributed by atoms with Gasteiger partial charge in [-0.15, -0.1) is 0 Å². The van der Waals surface area contributed by atoms with E-state index in [0.29, 0.717) is 25.3 Å². The first-order valence-electron chi connectivity index (χ1n) is 7.96. The summed E-state index contributed by atoms with van der Waals surface area (Å²) in [6.07, 6.45) is 4.61. The molecular weight excluding hydrogens is 252 g/mol. The number of nitrogens with zero attached hydrogens (tertiary/aromatic N) is 2. The molecule has 0 aromatic rings. The average Bonchev–Trinajstić information content (AvgIpc) is 3.00. The van der Waals surface area contributed by atoms with Crippen molar-refractivity contribution in [2.45, 2.75) is 58.5 Å². The molecular formula is C16H26N2O2. The van der Waals surface area contributed by atoms with Gasteiger partial charge in [0.1, 0.15) is 5.41 Å². The zero-order valence-corrected chi connectivity index (χ0v) is 12.6. The van der Waals surface area contributed by atoms with Crippen molar-refractivity contribution in [2.24, 2.45) is 17.3 Å². The molecule has 1 N–H and O–H groups in total. The molecule has 2 aliphatic rings. The first-order valence-corrected chi connectivity index (χ1v) is 7.96. The van der Waals surface area contributed by atoms with Crippen molar-refractivity contribution in [3.05, 3.63) is 0 Å². The molecule has 0 aromatic heterocycles. The minimum absolute atomic E-state index is 0.00491. The highest BCUT2D eigenvalue weighted by Crippen LogP contribution is 2.41. The van der Waals surface area contributed by atoms with Crippen molar-refractivity contribution < 1.29 is 9.90 Å². The number of aliphatic hydroxyl groups is 1. The van der Waals surface area contributed by atoms with E-state index in [4.69, 9.17) is 0 Å². The van der Waals surface area contributed by atoms with Crippen LogP contribution in [0.2, 0.25) is 0 Å². The summed E-state index contributed by atoms with van der Waals surface area (Å²) in [5, 5.41) is 19.5. The Balaban J connectivity index is 2.11. The number of rotatable bonds is 5. The van der Waals surface area contributed by atoms with Gasteiger partial charge in [-0.1, -0.05) is 26.7 Å². The molecule has 0 spiro atoms. The molecule has 0 aromatic carbocycles. The number of likely N-dealkylation sites (tertiary alicyclic amines) is 1. The fraction of sp³-hybridized carbons (Fsp3) is 0.875. The van der Waals surface area contributed by atoms with Gasteiger partial charge in [0.2, 0.25) is 5.91 Å². The topological polar surface area (TPSA) is 64.3 Å². The molecule has 0 radical (unpaired) electrons. The molecule has 1 saturated carbocycles. The van der Waals surface area contributed by atoms with Gasteiger partial charge in [-0.2, -0.15) is 5.26 Å². The summed E-state index contributed by atoms with van der Waals surface area (Å²) in [7, 11) is 0. The van der Waals surface area contributed by atoms with Crippen LogP contribution in [-0.4, -0.2) is 35.1 Å². The maximum atomic E-state index is 12.8. The molecule has 0 bridgehead atoms. The second-order valence-electron chi connectivity index (χ2n) is 6.47. The van der Waals surface area contributed by atoms with Crippen LogP contribution in [0.3, 0.4) is 0 Å². The Labute approximate surface area is 121 Å². The first kappa shape index (κ1) is 15.3. The van der Waals surface area contributed by atoms with Crippen LogP contribution >= 0.6 is 0 Å². The summed E-state index contributed by atoms with van der Waals surface area (Å²) < 4.78 is 0. The van der Waals surface area contributed by atoms with Gasteiger partial charge < -0.3 is 10.0 Å². The SMILES string of the molecule is CCCC(C#N)(CCC)C(=O)N1CC2CCC(O)C2C1. The third-order valence-corrected chi connectivity index (χ3v) is 5.08. The van der Waals surface area contributed by atoms with Gasteiger partial charge in [-0.05, 0) is 31.6 Å². The summed E-state index contributed by atoms with van der Waals surface area (Å²) >= 11 is 0. The van der Waals surface area contributed by atoms with Crippen LogP contribution in [0, 0.1) is 28.6 Å².